The number of amides is 2. The number of aliphatic hydroxyl groups is 1. The van der Waals surface area contributed by atoms with Gasteiger partial charge in [-0.05, 0) is 82.1 Å². The van der Waals surface area contributed by atoms with Gasteiger partial charge < -0.3 is 30.4 Å². The van der Waals surface area contributed by atoms with Gasteiger partial charge in [-0.1, -0.05) is 23.7 Å². The zero-order valence-corrected chi connectivity index (χ0v) is 23.9. The number of aromatic nitrogens is 3. The first-order chi connectivity index (χ1) is 19.1. The summed E-state index contributed by atoms with van der Waals surface area (Å²) in [5.74, 6) is 1.05. The molecule has 1 unspecified atom stereocenters. The molecule has 11 heteroatoms. The Hall–Kier alpha value is -3.37. The highest BCUT2D eigenvalue weighted by molar-refractivity contribution is 6.30. The molecule has 3 heterocycles. The second-order valence-corrected chi connectivity index (χ2v) is 12.2. The lowest BCUT2D eigenvalue weighted by Crippen LogP contribution is -2.64. The molecule has 2 fully saturated rings. The molecule has 2 amide bonds. The van der Waals surface area contributed by atoms with E-state index in [-0.39, 0.29) is 12.5 Å². The van der Waals surface area contributed by atoms with Gasteiger partial charge in [0.25, 0.3) is 0 Å². The number of carbonyl (C=O) groups excluding carboxylic acids is 2. The van der Waals surface area contributed by atoms with Gasteiger partial charge in [-0.2, -0.15) is 0 Å². The molecule has 10 nitrogen and oxygen atoms in total. The number of hydrogen-bond acceptors (Lipinski definition) is 7. The number of rotatable bonds is 8. The number of ether oxygens (including phenoxy) is 1. The van der Waals surface area contributed by atoms with Crippen LogP contribution in [0.2, 0.25) is 5.02 Å². The van der Waals surface area contributed by atoms with Gasteiger partial charge in [0.1, 0.15) is 28.9 Å². The molecule has 1 atom stereocenters. The number of hydrogen-bond donors (Lipinski definition) is 4. The van der Waals surface area contributed by atoms with E-state index in [9.17, 15) is 14.7 Å². The van der Waals surface area contributed by atoms with E-state index in [2.05, 4.69) is 30.5 Å². The summed E-state index contributed by atoms with van der Waals surface area (Å²) in [6.07, 6.45) is 6.28. The molecule has 1 aromatic carbocycles. The van der Waals surface area contributed by atoms with E-state index >= 15 is 0 Å². The Labute approximate surface area is 238 Å². The van der Waals surface area contributed by atoms with Crippen molar-refractivity contribution in [1.82, 2.24) is 25.6 Å². The van der Waals surface area contributed by atoms with Crippen LogP contribution in [0.4, 0.5) is 10.6 Å². The Morgan fingerprint density at radius 3 is 2.52 bits per heavy atom. The van der Waals surface area contributed by atoms with Gasteiger partial charge in [-0.3, -0.25) is 4.79 Å². The molecule has 40 heavy (non-hydrogen) atoms. The minimum absolute atomic E-state index is 0.114. The maximum Gasteiger partial charge on any atom is 0.408 e. The minimum Gasteiger partial charge on any atom is -0.444 e. The van der Waals surface area contributed by atoms with Crippen LogP contribution >= 0.6 is 11.6 Å². The molecule has 0 spiro atoms. The van der Waals surface area contributed by atoms with Crippen LogP contribution in [0.25, 0.3) is 11.0 Å². The highest BCUT2D eigenvalue weighted by Crippen LogP contribution is 2.45. The predicted octanol–water partition coefficient (Wildman–Crippen LogP) is 4.59. The number of piperidine rings is 1. The average molecular weight is 569 g/mol. The van der Waals surface area contributed by atoms with Crippen molar-refractivity contribution in [3.63, 3.8) is 0 Å². The topological polar surface area (TPSA) is 132 Å². The maximum atomic E-state index is 14.0. The van der Waals surface area contributed by atoms with Crippen molar-refractivity contribution < 1.29 is 19.4 Å². The minimum atomic E-state index is -1.21. The summed E-state index contributed by atoms with van der Waals surface area (Å²) in [5.41, 5.74) is 0.943. The lowest BCUT2D eigenvalue weighted by Gasteiger charge is -2.42. The van der Waals surface area contributed by atoms with Crippen molar-refractivity contribution >= 4 is 40.5 Å². The number of aromatic amines is 1. The molecular formula is C29H37ClN6O4. The molecule has 0 radical (unpaired) electrons. The predicted molar refractivity (Wildman–Crippen MR) is 153 cm³/mol. The fraction of sp³-hybridized carbons (Fsp3) is 0.517. The third-order valence-corrected chi connectivity index (χ3v) is 7.84. The first kappa shape index (κ1) is 28.2. The molecule has 0 bridgehead atoms. The number of halogens is 1. The molecular weight excluding hydrogens is 532 g/mol. The zero-order chi connectivity index (χ0) is 28.5. The SMILES string of the molecule is CC(C)(C)OC(=O)NC1(C(=O)NC(CCO)c2ccc(Cl)cc2)CCN(c2ncnc3[nH]cc(C4CC4)c23)CC1. The molecule has 5 rings (SSSR count). The third kappa shape index (κ3) is 6.18. The van der Waals surface area contributed by atoms with Gasteiger partial charge in [-0.25, -0.2) is 14.8 Å². The number of benzene rings is 1. The summed E-state index contributed by atoms with van der Waals surface area (Å²) >= 11 is 6.06. The van der Waals surface area contributed by atoms with Gasteiger partial charge in [0.05, 0.1) is 11.4 Å². The van der Waals surface area contributed by atoms with Crippen LogP contribution < -0.4 is 15.5 Å². The fourth-order valence-electron chi connectivity index (χ4n) is 5.38. The normalized spacial score (nSPS) is 17.9. The second kappa shape index (κ2) is 11.2. The largest absolute Gasteiger partial charge is 0.444 e. The first-order valence-electron chi connectivity index (χ1n) is 13.8. The highest BCUT2D eigenvalue weighted by Gasteiger charge is 2.45. The second-order valence-electron chi connectivity index (χ2n) is 11.7. The van der Waals surface area contributed by atoms with Gasteiger partial charge in [0.15, 0.2) is 0 Å². The summed E-state index contributed by atoms with van der Waals surface area (Å²) in [4.78, 5) is 41.4. The summed E-state index contributed by atoms with van der Waals surface area (Å²) < 4.78 is 5.55. The number of carbonyl (C=O) groups is 2. The van der Waals surface area contributed by atoms with E-state index < -0.39 is 23.3 Å². The van der Waals surface area contributed by atoms with Crippen LogP contribution in [0.3, 0.4) is 0 Å². The molecule has 1 saturated carbocycles. The number of anilines is 1. The molecule has 2 aromatic heterocycles. The van der Waals surface area contributed by atoms with Gasteiger partial charge in [0, 0.05) is 30.9 Å². The molecule has 1 saturated heterocycles. The Morgan fingerprint density at radius 1 is 1.20 bits per heavy atom. The smallest absolute Gasteiger partial charge is 0.408 e. The van der Waals surface area contributed by atoms with E-state index in [1.54, 1.807) is 39.2 Å². The van der Waals surface area contributed by atoms with Crippen LogP contribution in [-0.2, 0) is 9.53 Å². The van der Waals surface area contributed by atoms with Crippen LogP contribution in [0.1, 0.15) is 76.0 Å². The Morgan fingerprint density at radius 2 is 1.90 bits per heavy atom. The molecule has 2 aliphatic rings. The molecule has 4 N–H and O–H groups in total. The Bertz CT molecular complexity index is 1360. The van der Waals surface area contributed by atoms with Gasteiger partial charge >= 0.3 is 6.09 Å². The lowest BCUT2D eigenvalue weighted by molar-refractivity contribution is -0.129. The Kier molecular flexibility index (Phi) is 7.92. The number of aliphatic hydroxyl groups excluding tert-OH is 1. The monoisotopic (exact) mass is 568 g/mol. The quantitative estimate of drug-likeness (QED) is 0.312. The van der Waals surface area contributed by atoms with Crippen molar-refractivity contribution in [1.29, 1.82) is 0 Å². The summed E-state index contributed by atoms with van der Waals surface area (Å²) in [6.45, 7) is 6.24. The fourth-order valence-corrected chi connectivity index (χ4v) is 5.50. The zero-order valence-electron chi connectivity index (χ0n) is 23.2. The van der Waals surface area contributed by atoms with E-state index in [1.807, 2.05) is 18.3 Å². The summed E-state index contributed by atoms with van der Waals surface area (Å²) in [5, 5.41) is 17.3. The van der Waals surface area contributed by atoms with Crippen molar-refractivity contribution in [3.05, 3.63) is 52.9 Å². The van der Waals surface area contributed by atoms with E-state index in [4.69, 9.17) is 16.3 Å². The van der Waals surface area contributed by atoms with Crippen LogP contribution in [0.5, 0.6) is 0 Å². The van der Waals surface area contributed by atoms with Crippen LogP contribution in [-0.4, -0.2) is 62.9 Å². The number of nitrogens with zero attached hydrogens (tertiary/aromatic N) is 3. The standard InChI is InChI=1S/C29H37ClN6O4/c1-28(2,3)40-27(39)35-29(26(38)34-22(10-15-37)19-6-8-20(30)9-7-19)11-13-36(14-12-29)25-23-21(18-4-5-18)16-31-24(23)32-17-33-25/h6-9,16-18,22,37H,4-5,10-15H2,1-3H3,(H,34,38)(H,35,39)(H,31,32,33). The van der Waals surface area contributed by atoms with Gasteiger partial charge in [-0.15, -0.1) is 0 Å². The highest BCUT2D eigenvalue weighted by atomic mass is 35.5. The molecule has 214 valence electrons. The van der Waals surface area contributed by atoms with E-state index in [0.29, 0.717) is 43.3 Å². The van der Waals surface area contributed by atoms with Crippen LogP contribution in [0.15, 0.2) is 36.8 Å². The summed E-state index contributed by atoms with van der Waals surface area (Å²) in [7, 11) is 0. The number of nitrogens with one attached hydrogen (secondary N) is 3. The van der Waals surface area contributed by atoms with Crippen molar-refractivity contribution in [3.8, 4) is 0 Å². The third-order valence-electron chi connectivity index (χ3n) is 7.58. The molecule has 3 aromatic rings. The van der Waals surface area contributed by atoms with Crippen molar-refractivity contribution in [2.75, 3.05) is 24.6 Å². The average Bonchev–Trinajstić information content (AvgIpc) is 3.66. The number of H-pyrrole nitrogens is 1. The lowest BCUT2D eigenvalue weighted by atomic mass is 9.85. The van der Waals surface area contributed by atoms with Crippen LogP contribution in [0, 0.1) is 0 Å². The van der Waals surface area contributed by atoms with Crippen molar-refractivity contribution in [2.45, 2.75) is 76.0 Å². The van der Waals surface area contributed by atoms with E-state index in [1.165, 1.54) is 5.56 Å². The number of fused-ring (bicyclic) bond motifs is 1. The molecule has 1 aliphatic heterocycles. The number of alkyl carbamates (subject to hydrolysis) is 1. The Balaban J connectivity index is 1.39. The van der Waals surface area contributed by atoms with Gasteiger partial charge in [0.2, 0.25) is 5.91 Å². The summed E-state index contributed by atoms with van der Waals surface area (Å²) in [6, 6.07) is 6.70. The first-order valence-corrected chi connectivity index (χ1v) is 14.2. The van der Waals surface area contributed by atoms with Crippen molar-refractivity contribution in [2.24, 2.45) is 0 Å². The maximum absolute atomic E-state index is 14.0. The molecule has 1 aliphatic carbocycles. The van der Waals surface area contributed by atoms with E-state index in [0.717, 1.165) is 35.3 Å².